The molecule has 0 aliphatic carbocycles. The Hall–Kier alpha value is -0.710. The summed E-state index contributed by atoms with van der Waals surface area (Å²) >= 11 is 3.57. The average molecular weight is 266 g/mol. The van der Waals surface area contributed by atoms with E-state index in [1.54, 1.807) is 11.3 Å². The molecule has 0 saturated carbocycles. The summed E-state index contributed by atoms with van der Waals surface area (Å²) in [4.78, 5) is 6.05. The molecule has 0 bridgehead atoms. The van der Waals surface area contributed by atoms with Crippen molar-refractivity contribution >= 4 is 22.7 Å². The number of hydrogen-bond donors (Lipinski definition) is 1. The molecule has 0 fully saturated rings. The van der Waals surface area contributed by atoms with E-state index in [0.717, 1.165) is 24.4 Å². The quantitative estimate of drug-likeness (QED) is 0.860. The molecular formula is C13H18N2S2. The van der Waals surface area contributed by atoms with E-state index in [9.17, 15) is 0 Å². The van der Waals surface area contributed by atoms with Gasteiger partial charge in [0.2, 0.25) is 0 Å². The van der Waals surface area contributed by atoms with Gasteiger partial charge in [-0.25, -0.2) is 4.98 Å². The highest BCUT2D eigenvalue weighted by Crippen LogP contribution is 2.22. The molecule has 1 atom stereocenters. The van der Waals surface area contributed by atoms with Crippen molar-refractivity contribution in [2.75, 3.05) is 6.54 Å². The van der Waals surface area contributed by atoms with Crippen molar-refractivity contribution in [1.82, 2.24) is 10.3 Å². The van der Waals surface area contributed by atoms with Gasteiger partial charge in [0, 0.05) is 10.3 Å². The second-order valence-corrected chi connectivity index (χ2v) is 6.11. The predicted molar refractivity (Wildman–Crippen MR) is 75.9 cm³/mol. The molecule has 0 spiro atoms. The summed E-state index contributed by atoms with van der Waals surface area (Å²) in [6, 6.07) is 4.72. The van der Waals surface area contributed by atoms with Gasteiger partial charge < -0.3 is 5.32 Å². The van der Waals surface area contributed by atoms with Gasteiger partial charge in [0.15, 0.2) is 0 Å². The fraction of sp³-hybridized carbons (Fsp3) is 0.462. The Balaban J connectivity index is 1.97. The smallest absolute Gasteiger partial charge is 0.0898 e. The van der Waals surface area contributed by atoms with E-state index >= 15 is 0 Å². The lowest BCUT2D eigenvalue weighted by Gasteiger charge is -2.15. The van der Waals surface area contributed by atoms with Crippen LogP contribution in [0.2, 0.25) is 0 Å². The van der Waals surface area contributed by atoms with Crippen LogP contribution >= 0.6 is 22.7 Å². The van der Waals surface area contributed by atoms with Gasteiger partial charge in [0.25, 0.3) is 0 Å². The van der Waals surface area contributed by atoms with Crippen LogP contribution in [-0.2, 0) is 6.42 Å². The molecule has 2 aromatic heterocycles. The molecule has 0 aliphatic rings. The zero-order valence-corrected chi connectivity index (χ0v) is 11.9. The van der Waals surface area contributed by atoms with Gasteiger partial charge in [-0.15, -0.1) is 22.7 Å². The van der Waals surface area contributed by atoms with E-state index in [2.05, 4.69) is 47.0 Å². The van der Waals surface area contributed by atoms with Crippen LogP contribution in [0, 0.1) is 6.92 Å². The third-order valence-electron chi connectivity index (χ3n) is 2.70. The van der Waals surface area contributed by atoms with Gasteiger partial charge in [-0.3, -0.25) is 0 Å². The average Bonchev–Trinajstić information content (AvgIpc) is 2.95. The molecule has 17 heavy (non-hydrogen) atoms. The summed E-state index contributed by atoms with van der Waals surface area (Å²) in [5.74, 6) is 0. The molecule has 2 nitrogen and oxygen atoms in total. The molecule has 0 saturated heterocycles. The fourth-order valence-corrected chi connectivity index (χ4v) is 3.27. The maximum Gasteiger partial charge on any atom is 0.0898 e. The molecule has 4 heteroatoms. The lowest BCUT2D eigenvalue weighted by atomic mass is 10.1. The van der Waals surface area contributed by atoms with Crippen LogP contribution < -0.4 is 5.32 Å². The molecule has 0 aromatic carbocycles. The molecule has 92 valence electrons. The molecule has 2 aromatic rings. The van der Waals surface area contributed by atoms with Crippen molar-refractivity contribution in [3.05, 3.63) is 38.5 Å². The standard InChI is InChI=1S/C13H18N2S2/c1-3-14-12(13-9-17-10(2)15-13)7-6-11-5-4-8-16-11/h4-5,8-9,12,14H,3,6-7H2,1-2H3. The van der Waals surface area contributed by atoms with Crippen molar-refractivity contribution in [3.63, 3.8) is 0 Å². The number of thiazole rings is 1. The summed E-state index contributed by atoms with van der Waals surface area (Å²) in [6.07, 6.45) is 2.25. The highest BCUT2D eigenvalue weighted by Gasteiger charge is 2.13. The van der Waals surface area contributed by atoms with Gasteiger partial charge >= 0.3 is 0 Å². The number of thiophene rings is 1. The summed E-state index contributed by atoms with van der Waals surface area (Å²) < 4.78 is 0. The number of rotatable bonds is 6. The lowest BCUT2D eigenvalue weighted by Crippen LogP contribution is -2.21. The third-order valence-corrected chi connectivity index (χ3v) is 4.43. The van der Waals surface area contributed by atoms with E-state index in [1.807, 2.05) is 11.3 Å². The van der Waals surface area contributed by atoms with Crippen LogP contribution in [-0.4, -0.2) is 11.5 Å². The Morgan fingerprint density at radius 1 is 1.41 bits per heavy atom. The van der Waals surface area contributed by atoms with Crippen molar-refractivity contribution in [3.8, 4) is 0 Å². The van der Waals surface area contributed by atoms with Crippen LogP contribution in [0.25, 0.3) is 0 Å². The molecule has 2 heterocycles. The third kappa shape index (κ3) is 3.63. The van der Waals surface area contributed by atoms with E-state index in [4.69, 9.17) is 0 Å². The second-order valence-electron chi connectivity index (χ2n) is 4.02. The first kappa shape index (κ1) is 12.7. The number of aryl methyl sites for hydroxylation is 2. The Bertz CT molecular complexity index is 434. The Morgan fingerprint density at radius 3 is 2.88 bits per heavy atom. The van der Waals surface area contributed by atoms with Gasteiger partial charge in [0.1, 0.15) is 0 Å². The van der Waals surface area contributed by atoms with Crippen LogP contribution in [0.1, 0.15) is 35.0 Å². The SMILES string of the molecule is CCNC(CCc1cccs1)c1csc(C)n1. The first-order valence-electron chi connectivity index (χ1n) is 5.97. The van der Waals surface area contributed by atoms with Crippen LogP contribution in [0.15, 0.2) is 22.9 Å². The summed E-state index contributed by atoms with van der Waals surface area (Å²) in [5, 5.41) is 9.00. The minimum absolute atomic E-state index is 0.395. The Kier molecular flexibility index (Phi) is 4.71. The Morgan fingerprint density at radius 2 is 2.29 bits per heavy atom. The van der Waals surface area contributed by atoms with Crippen molar-refractivity contribution in [1.29, 1.82) is 0 Å². The van der Waals surface area contributed by atoms with Crippen molar-refractivity contribution in [2.45, 2.75) is 32.7 Å². The van der Waals surface area contributed by atoms with E-state index in [1.165, 1.54) is 10.6 Å². The van der Waals surface area contributed by atoms with Crippen molar-refractivity contribution in [2.24, 2.45) is 0 Å². The van der Waals surface area contributed by atoms with E-state index < -0.39 is 0 Å². The first-order valence-corrected chi connectivity index (χ1v) is 7.73. The summed E-state index contributed by atoms with van der Waals surface area (Å²) in [5.41, 5.74) is 1.20. The zero-order chi connectivity index (χ0) is 12.1. The van der Waals surface area contributed by atoms with E-state index in [-0.39, 0.29) is 0 Å². The van der Waals surface area contributed by atoms with Gasteiger partial charge in [-0.2, -0.15) is 0 Å². The maximum atomic E-state index is 4.59. The summed E-state index contributed by atoms with van der Waals surface area (Å²) in [6.45, 7) is 5.21. The first-order chi connectivity index (χ1) is 8.29. The highest BCUT2D eigenvalue weighted by molar-refractivity contribution is 7.10. The molecule has 1 N–H and O–H groups in total. The highest BCUT2D eigenvalue weighted by atomic mass is 32.1. The van der Waals surface area contributed by atoms with Crippen molar-refractivity contribution < 1.29 is 0 Å². The molecule has 0 radical (unpaired) electrons. The van der Waals surface area contributed by atoms with E-state index in [0.29, 0.717) is 6.04 Å². The fourth-order valence-electron chi connectivity index (χ4n) is 1.88. The van der Waals surface area contributed by atoms with Gasteiger partial charge in [-0.05, 0) is 37.8 Å². The largest absolute Gasteiger partial charge is 0.309 e. The normalized spacial score (nSPS) is 12.8. The number of hydrogen-bond acceptors (Lipinski definition) is 4. The molecule has 2 rings (SSSR count). The topological polar surface area (TPSA) is 24.9 Å². The minimum atomic E-state index is 0.395. The molecule has 0 aliphatic heterocycles. The monoisotopic (exact) mass is 266 g/mol. The summed E-state index contributed by atoms with van der Waals surface area (Å²) in [7, 11) is 0. The number of nitrogens with one attached hydrogen (secondary N) is 1. The van der Waals surface area contributed by atoms with Crippen LogP contribution in [0.4, 0.5) is 0 Å². The van der Waals surface area contributed by atoms with Crippen LogP contribution in [0.3, 0.4) is 0 Å². The molecular weight excluding hydrogens is 248 g/mol. The van der Waals surface area contributed by atoms with Gasteiger partial charge in [0.05, 0.1) is 16.7 Å². The lowest BCUT2D eigenvalue weighted by molar-refractivity contribution is 0.507. The Labute approximate surface area is 111 Å². The number of nitrogens with zero attached hydrogens (tertiary/aromatic N) is 1. The predicted octanol–water partition coefficient (Wildman–Crippen LogP) is 3.80. The maximum absolute atomic E-state index is 4.59. The number of aromatic nitrogens is 1. The van der Waals surface area contributed by atoms with Crippen LogP contribution in [0.5, 0.6) is 0 Å². The molecule has 1 unspecified atom stereocenters. The second kappa shape index (κ2) is 6.28. The van der Waals surface area contributed by atoms with Gasteiger partial charge in [-0.1, -0.05) is 13.0 Å². The zero-order valence-electron chi connectivity index (χ0n) is 10.3. The minimum Gasteiger partial charge on any atom is -0.309 e. The molecule has 0 amide bonds.